The number of esters is 4. The highest BCUT2D eigenvalue weighted by Gasteiger charge is 2.30. The molecule has 0 aliphatic heterocycles. The Balaban J connectivity index is 5.14. The van der Waals surface area contributed by atoms with E-state index in [1.165, 1.54) is 295 Å². The van der Waals surface area contributed by atoms with Gasteiger partial charge in [-0.1, -0.05) is 433 Å². The third kappa shape index (κ3) is 82.1. The van der Waals surface area contributed by atoms with Gasteiger partial charge in [0.25, 0.3) is 0 Å². The van der Waals surface area contributed by atoms with Crippen LogP contribution in [0.4, 0.5) is 0 Å². The summed E-state index contributed by atoms with van der Waals surface area (Å²) in [5.41, 5.74) is 0. The summed E-state index contributed by atoms with van der Waals surface area (Å²) in [5.74, 6) is -1.31. The summed E-state index contributed by atoms with van der Waals surface area (Å²) < 4.78 is 68.8. The summed E-state index contributed by atoms with van der Waals surface area (Å²) in [6, 6.07) is 0. The third-order valence-electron chi connectivity index (χ3n) is 21.0. The van der Waals surface area contributed by atoms with Gasteiger partial charge in [0.15, 0.2) is 12.2 Å². The number of carbonyl (C=O) groups is 4. The molecule has 0 aromatic rings. The number of hydrogen-bond acceptors (Lipinski definition) is 15. The van der Waals surface area contributed by atoms with Gasteiger partial charge >= 0.3 is 39.5 Å². The van der Waals surface area contributed by atoms with E-state index in [1.807, 2.05) is 0 Å². The number of hydrogen-bond donors (Lipinski definition) is 3. The van der Waals surface area contributed by atoms with Gasteiger partial charge in [0, 0.05) is 25.7 Å². The Bertz CT molecular complexity index is 2050. The van der Waals surface area contributed by atoms with Crippen LogP contribution >= 0.6 is 15.6 Å². The fourth-order valence-corrected chi connectivity index (χ4v) is 15.6. The highest BCUT2D eigenvalue weighted by Crippen LogP contribution is 2.45. The number of phosphoric ester groups is 2. The van der Waals surface area contributed by atoms with Gasteiger partial charge in [0.2, 0.25) is 0 Å². The quantitative estimate of drug-likeness (QED) is 0.0222. The molecule has 5 atom stereocenters. The molecule has 0 bridgehead atoms. The molecule has 0 saturated heterocycles. The number of rotatable bonds is 89. The molecular formula is C89H174O17P2. The molecule has 0 aromatic carbocycles. The van der Waals surface area contributed by atoms with Crippen molar-refractivity contribution in [1.29, 1.82) is 0 Å². The van der Waals surface area contributed by atoms with Crippen LogP contribution in [-0.4, -0.2) is 96.7 Å². The van der Waals surface area contributed by atoms with Gasteiger partial charge in [-0.3, -0.25) is 37.3 Å². The number of aliphatic hydroxyl groups excluding tert-OH is 1. The zero-order valence-electron chi connectivity index (χ0n) is 71.0. The molecule has 642 valence electrons. The number of carbonyl (C=O) groups excluding carboxylic acids is 4. The molecule has 0 rings (SSSR count). The molecule has 0 saturated carbocycles. The second-order valence-electron chi connectivity index (χ2n) is 32.5. The largest absolute Gasteiger partial charge is 0.472 e. The van der Waals surface area contributed by atoms with Gasteiger partial charge in [-0.05, 0) is 31.6 Å². The molecule has 0 radical (unpaired) electrons. The van der Waals surface area contributed by atoms with Crippen LogP contribution in [0.5, 0.6) is 0 Å². The van der Waals surface area contributed by atoms with Crippen molar-refractivity contribution < 1.29 is 80.2 Å². The summed E-state index contributed by atoms with van der Waals surface area (Å²) >= 11 is 0. The minimum absolute atomic E-state index is 0.108. The Labute approximate surface area is 664 Å². The molecule has 0 spiro atoms. The van der Waals surface area contributed by atoms with Crippen LogP contribution in [0, 0.1) is 5.92 Å². The summed E-state index contributed by atoms with van der Waals surface area (Å²) in [4.78, 5) is 73.1. The molecule has 0 heterocycles. The topological polar surface area (TPSA) is 237 Å². The predicted octanol–water partition coefficient (Wildman–Crippen LogP) is 27.5. The van der Waals surface area contributed by atoms with Crippen molar-refractivity contribution in [1.82, 2.24) is 0 Å². The fourth-order valence-electron chi connectivity index (χ4n) is 14.0. The van der Waals surface area contributed by atoms with E-state index in [9.17, 15) is 43.2 Å². The maximum absolute atomic E-state index is 13.2. The summed E-state index contributed by atoms with van der Waals surface area (Å²) in [7, 11) is -9.92. The van der Waals surface area contributed by atoms with Crippen molar-refractivity contribution >= 4 is 39.5 Å². The fraction of sp³-hybridized carbons (Fsp3) is 0.955. The first kappa shape index (κ1) is 106. The molecule has 0 aliphatic carbocycles. The van der Waals surface area contributed by atoms with Crippen LogP contribution in [-0.2, 0) is 65.4 Å². The molecule has 0 aliphatic rings. The maximum Gasteiger partial charge on any atom is 0.472 e. The predicted molar refractivity (Wildman–Crippen MR) is 446 cm³/mol. The van der Waals surface area contributed by atoms with E-state index in [0.717, 1.165) is 109 Å². The zero-order valence-corrected chi connectivity index (χ0v) is 72.8. The highest BCUT2D eigenvalue weighted by molar-refractivity contribution is 7.47. The van der Waals surface area contributed by atoms with Crippen molar-refractivity contribution in [3.63, 3.8) is 0 Å². The lowest BCUT2D eigenvalue weighted by Crippen LogP contribution is -2.30. The van der Waals surface area contributed by atoms with Gasteiger partial charge in [0.05, 0.1) is 26.4 Å². The molecule has 3 N–H and O–H groups in total. The van der Waals surface area contributed by atoms with Crippen LogP contribution in [0.15, 0.2) is 0 Å². The summed E-state index contributed by atoms with van der Waals surface area (Å²) in [6.45, 7) is 7.35. The van der Waals surface area contributed by atoms with E-state index < -0.39 is 97.5 Å². The Morgan fingerprint density at radius 2 is 0.426 bits per heavy atom. The summed E-state index contributed by atoms with van der Waals surface area (Å²) in [5, 5.41) is 10.7. The lowest BCUT2D eigenvalue weighted by molar-refractivity contribution is -0.161. The molecule has 19 heteroatoms. The SMILES string of the molecule is CCCCCCCCCCCCCCCCCCCCCCCCC(=O)OC[C@H](COP(=O)(O)OC[C@@H](O)COP(=O)(O)OC[C@@H](COC(=O)CCCCCCCCC)OC(=O)CCCCCCCCCCCCCCCCC(C)C)OC(=O)CCCCCCCCCCCCCCCCCCCCCCCC. The normalized spacial score (nSPS) is 13.7. The van der Waals surface area contributed by atoms with Crippen molar-refractivity contribution in [2.45, 2.75) is 502 Å². The van der Waals surface area contributed by atoms with E-state index in [-0.39, 0.29) is 25.7 Å². The third-order valence-corrected chi connectivity index (χ3v) is 22.9. The van der Waals surface area contributed by atoms with Crippen LogP contribution in [0.2, 0.25) is 0 Å². The molecular weight excluding hydrogens is 1400 g/mol. The molecule has 17 nitrogen and oxygen atoms in total. The van der Waals surface area contributed by atoms with Gasteiger partial charge in [-0.15, -0.1) is 0 Å². The van der Waals surface area contributed by atoms with Gasteiger partial charge in [-0.25, -0.2) is 9.13 Å². The van der Waals surface area contributed by atoms with Crippen molar-refractivity contribution in [3.8, 4) is 0 Å². The van der Waals surface area contributed by atoms with Crippen LogP contribution in [0.3, 0.4) is 0 Å². The van der Waals surface area contributed by atoms with Gasteiger partial charge in [0.1, 0.15) is 19.3 Å². The smallest absolute Gasteiger partial charge is 0.462 e. The standard InChI is InChI=1S/C89H174O17P2/c1-6-9-12-15-18-20-22-24-26-28-30-32-34-36-38-40-45-49-53-58-63-68-73-87(92)100-79-85(106-89(94)75-69-64-59-54-50-46-41-39-37-35-33-31-29-27-25-23-21-19-16-13-10-7-2)81-104-108(97,98)102-77-83(90)76-101-107(95,96)103-80-84(78-99-86(91)72-67-62-56-17-14-11-8-3)105-88(93)74-70-65-60-55-51-47-43-42-44-48-52-57-61-66-71-82(4)5/h82-85,90H,6-81H2,1-5H3,(H,95,96)(H,97,98)/t83-,84+,85+/m0/s1. The first-order valence-electron chi connectivity index (χ1n) is 46.1. The zero-order chi connectivity index (χ0) is 79.0. The molecule has 0 amide bonds. The first-order valence-corrected chi connectivity index (χ1v) is 49.1. The average molecular weight is 1580 g/mol. The number of ether oxygens (including phenoxy) is 4. The Morgan fingerprint density at radius 3 is 0.630 bits per heavy atom. The average Bonchev–Trinajstić information content (AvgIpc) is 0.897. The molecule has 108 heavy (non-hydrogen) atoms. The van der Waals surface area contributed by atoms with E-state index in [1.54, 1.807) is 0 Å². The van der Waals surface area contributed by atoms with Gasteiger partial charge in [-0.2, -0.15) is 0 Å². The molecule has 0 aromatic heterocycles. The Kier molecular flexibility index (Phi) is 80.2. The minimum Gasteiger partial charge on any atom is -0.462 e. The van der Waals surface area contributed by atoms with E-state index >= 15 is 0 Å². The van der Waals surface area contributed by atoms with Crippen molar-refractivity contribution in [2.24, 2.45) is 5.92 Å². The van der Waals surface area contributed by atoms with Crippen molar-refractivity contribution in [3.05, 3.63) is 0 Å². The van der Waals surface area contributed by atoms with Crippen LogP contribution < -0.4 is 0 Å². The summed E-state index contributed by atoms with van der Waals surface area (Å²) in [6.07, 6.45) is 76.9. The van der Waals surface area contributed by atoms with Gasteiger partial charge < -0.3 is 33.8 Å². The first-order chi connectivity index (χ1) is 52.5. The molecule has 0 fully saturated rings. The lowest BCUT2D eigenvalue weighted by atomic mass is 10.0. The van der Waals surface area contributed by atoms with E-state index in [2.05, 4.69) is 34.6 Å². The molecule has 2 unspecified atom stereocenters. The van der Waals surface area contributed by atoms with E-state index in [0.29, 0.717) is 25.7 Å². The second-order valence-corrected chi connectivity index (χ2v) is 35.4. The lowest BCUT2D eigenvalue weighted by Gasteiger charge is -2.21. The number of phosphoric acid groups is 2. The van der Waals surface area contributed by atoms with Crippen molar-refractivity contribution in [2.75, 3.05) is 39.6 Å². The number of unbranched alkanes of at least 4 members (excludes halogenated alkanes) is 61. The number of aliphatic hydroxyl groups is 1. The van der Waals surface area contributed by atoms with E-state index in [4.69, 9.17) is 37.0 Å². The van der Waals surface area contributed by atoms with Crippen LogP contribution in [0.1, 0.15) is 484 Å². The Hall–Kier alpha value is -1.94. The Morgan fingerprint density at radius 1 is 0.250 bits per heavy atom. The maximum atomic E-state index is 13.2. The monoisotopic (exact) mass is 1580 g/mol. The highest BCUT2D eigenvalue weighted by atomic mass is 31.2. The minimum atomic E-state index is -4.97. The van der Waals surface area contributed by atoms with Crippen LogP contribution in [0.25, 0.3) is 0 Å². The second kappa shape index (κ2) is 81.6.